The van der Waals surface area contributed by atoms with Crippen molar-refractivity contribution in [3.8, 4) is 0 Å². The molecule has 1 aliphatic carbocycles. The van der Waals surface area contributed by atoms with Crippen LogP contribution in [0.3, 0.4) is 0 Å². The Morgan fingerprint density at radius 2 is 1.95 bits per heavy atom. The number of carbonyl (C=O) groups excluding carboxylic acids is 1. The second-order valence-electron chi connectivity index (χ2n) is 5.38. The number of carboxylic acids is 1. The number of nitrogens with two attached hydrogens (primary N) is 1. The molecule has 0 bridgehead atoms. The van der Waals surface area contributed by atoms with Crippen molar-refractivity contribution in [2.75, 3.05) is 18.6 Å². The van der Waals surface area contributed by atoms with Crippen LogP contribution in [0.5, 0.6) is 0 Å². The summed E-state index contributed by atoms with van der Waals surface area (Å²) in [5.74, 6) is 0.402. The molecule has 1 rings (SSSR count). The van der Waals surface area contributed by atoms with E-state index in [0.717, 1.165) is 18.8 Å². The fourth-order valence-corrected chi connectivity index (χ4v) is 3.17. The molecule has 1 saturated carbocycles. The van der Waals surface area contributed by atoms with Gasteiger partial charge in [-0.05, 0) is 31.6 Å². The van der Waals surface area contributed by atoms with Crippen molar-refractivity contribution in [1.29, 1.82) is 0 Å². The lowest BCUT2D eigenvalue weighted by Crippen LogP contribution is -2.40. The zero-order valence-corrected chi connectivity index (χ0v) is 12.5. The lowest BCUT2D eigenvalue weighted by molar-refractivity contribution is -0.138. The lowest BCUT2D eigenvalue weighted by Gasteiger charge is -2.33. The highest BCUT2D eigenvalue weighted by atomic mass is 32.2. The molecule has 5 nitrogen and oxygen atoms in total. The predicted molar refractivity (Wildman–Crippen MR) is 77.1 cm³/mol. The quantitative estimate of drug-likeness (QED) is 0.766. The summed E-state index contributed by atoms with van der Waals surface area (Å²) in [5, 5.41) is 8.65. The van der Waals surface area contributed by atoms with Crippen molar-refractivity contribution in [1.82, 2.24) is 4.90 Å². The summed E-state index contributed by atoms with van der Waals surface area (Å²) >= 11 is 1.29. The van der Waals surface area contributed by atoms with Gasteiger partial charge in [0.15, 0.2) is 0 Å². The van der Waals surface area contributed by atoms with Gasteiger partial charge in [0.05, 0.1) is 5.75 Å². The Labute approximate surface area is 118 Å². The zero-order valence-electron chi connectivity index (χ0n) is 11.7. The second-order valence-corrected chi connectivity index (χ2v) is 6.41. The standard InChI is InChI=1S/C13H24N2O3S/c1-9-3-5-10(6-4-9)15(2)12(16)8-19-7-11(14)13(17)18/h9-11H,3-8,14H2,1-2H3,(H,17,18)/t9?,10?,11-/m0/s1. The number of rotatable bonds is 6. The first-order valence-corrected chi connectivity index (χ1v) is 7.89. The number of hydrogen-bond donors (Lipinski definition) is 2. The van der Waals surface area contributed by atoms with Crippen LogP contribution in [0.15, 0.2) is 0 Å². The van der Waals surface area contributed by atoms with Crippen molar-refractivity contribution in [2.45, 2.75) is 44.7 Å². The maximum absolute atomic E-state index is 12.0. The third-order valence-electron chi connectivity index (χ3n) is 3.77. The number of carboxylic acid groups (broad SMARTS) is 1. The van der Waals surface area contributed by atoms with Gasteiger partial charge in [0.1, 0.15) is 6.04 Å². The molecule has 1 fully saturated rings. The van der Waals surface area contributed by atoms with Crippen molar-refractivity contribution >= 4 is 23.6 Å². The Hall–Kier alpha value is -0.750. The lowest BCUT2D eigenvalue weighted by atomic mass is 9.87. The van der Waals surface area contributed by atoms with Gasteiger partial charge in [0.25, 0.3) is 0 Å². The van der Waals surface area contributed by atoms with Gasteiger partial charge >= 0.3 is 5.97 Å². The fourth-order valence-electron chi connectivity index (χ4n) is 2.28. The average Bonchev–Trinajstić information content (AvgIpc) is 2.38. The van der Waals surface area contributed by atoms with Crippen LogP contribution in [0.25, 0.3) is 0 Å². The molecular formula is C13H24N2O3S. The summed E-state index contributed by atoms with van der Waals surface area (Å²) in [5.41, 5.74) is 5.39. The summed E-state index contributed by atoms with van der Waals surface area (Å²) in [4.78, 5) is 24.4. The SMILES string of the molecule is CC1CCC(N(C)C(=O)CSC[C@H](N)C(=O)O)CC1. The minimum Gasteiger partial charge on any atom is -0.480 e. The topological polar surface area (TPSA) is 83.6 Å². The summed E-state index contributed by atoms with van der Waals surface area (Å²) < 4.78 is 0. The fraction of sp³-hybridized carbons (Fsp3) is 0.846. The predicted octanol–water partition coefficient (Wildman–Crippen LogP) is 1.17. The van der Waals surface area contributed by atoms with Gasteiger partial charge in [-0.15, -0.1) is 11.8 Å². The van der Waals surface area contributed by atoms with Crippen molar-refractivity contribution in [3.63, 3.8) is 0 Å². The van der Waals surface area contributed by atoms with Crippen LogP contribution in [0.1, 0.15) is 32.6 Å². The average molecular weight is 288 g/mol. The molecule has 0 aliphatic heterocycles. The van der Waals surface area contributed by atoms with Crippen LogP contribution in [-0.2, 0) is 9.59 Å². The normalized spacial score (nSPS) is 24.8. The Bertz CT molecular complexity index is 317. The molecular weight excluding hydrogens is 264 g/mol. The summed E-state index contributed by atoms with van der Waals surface area (Å²) in [7, 11) is 1.85. The zero-order chi connectivity index (χ0) is 14.4. The van der Waals surface area contributed by atoms with E-state index in [1.54, 1.807) is 0 Å². The first-order valence-electron chi connectivity index (χ1n) is 6.73. The van der Waals surface area contributed by atoms with Crippen molar-refractivity contribution in [3.05, 3.63) is 0 Å². The van der Waals surface area contributed by atoms with Gasteiger partial charge in [0.2, 0.25) is 5.91 Å². The number of nitrogens with zero attached hydrogens (tertiary/aromatic N) is 1. The first-order chi connectivity index (χ1) is 8.91. The van der Waals surface area contributed by atoms with E-state index in [2.05, 4.69) is 6.92 Å². The molecule has 0 aromatic carbocycles. The van der Waals surface area contributed by atoms with Crippen molar-refractivity contribution in [2.24, 2.45) is 11.7 Å². The molecule has 19 heavy (non-hydrogen) atoms. The number of thioether (sulfide) groups is 1. The molecule has 110 valence electrons. The van der Waals surface area contributed by atoms with E-state index in [-0.39, 0.29) is 11.7 Å². The highest BCUT2D eigenvalue weighted by molar-refractivity contribution is 8.00. The van der Waals surface area contributed by atoms with Crippen LogP contribution in [-0.4, -0.2) is 52.5 Å². The van der Waals surface area contributed by atoms with Gasteiger partial charge in [-0.3, -0.25) is 9.59 Å². The largest absolute Gasteiger partial charge is 0.480 e. The molecule has 1 amide bonds. The number of hydrogen-bond acceptors (Lipinski definition) is 4. The summed E-state index contributed by atoms with van der Waals surface area (Å²) in [6, 6.07) is -0.545. The monoisotopic (exact) mass is 288 g/mol. The molecule has 0 spiro atoms. The number of carbonyl (C=O) groups is 2. The van der Waals surface area contributed by atoms with Crippen LogP contribution < -0.4 is 5.73 Å². The minimum absolute atomic E-state index is 0.0714. The molecule has 6 heteroatoms. The van der Waals surface area contributed by atoms with Crippen LogP contribution in [0.2, 0.25) is 0 Å². The maximum Gasteiger partial charge on any atom is 0.321 e. The third kappa shape index (κ3) is 5.40. The van der Waals surface area contributed by atoms with Gasteiger partial charge < -0.3 is 15.7 Å². The Kier molecular flexibility index (Phi) is 6.65. The molecule has 3 N–H and O–H groups in total. The van der Waals surface area contributed by atoms with Gasteiger partial charge in [-0.25, -0.2) is 0 Å². The molecule has 0 aromatic heterocycles. The molecule has 0 heterocycles. The van der Waals surface area contributed by atoms with E-state index in [1.807, 2.05) is 11.9 Å². The van der Waals surface area contributed by atoms with Crippen LogP contribution >= 0.6 is 11.8 Å². The van der Waals surface area contributed by atoms with Gasteiger partial charge in [-0.2, -0.15) is 0 Å². The van der Waals surface area contributed by atoms with E-state index >= 15 is 0 Å². The van der Waals surface area contributed by atoms with E-state index in [4.69, 9.17) is 10.8 Å². The van der Waals surface area contributed by atoms with E-state index in [1.165, 1.54) is 24.6 Å². The second kappa shape index (κ2) is 7.75. The van der Waals surface area contributed by atoms with E-state index in [9.17, 15) is 9.59 Å². The van der Waals surface area contributed by atoms with Gasteiger partial charge in [0, 0.05) is 18.8 Å². The maximum atomic E-state index is 12.0. The smallest absolute Gasteiger partial charge is 0.321 e. The van der Waals surface area contributed by atoms with Crippen molar-refractivity contribution < 1.29 is 14.7 Å². The minimum atomic E-state index is -1.02. The Morgan fingerprint density at radius 1 is 1.37 bits per heavy atom. The first kappa shape index (κ1) is 16.3. The molecule has 0 aromatic rings. The molecule has 0 radical (unpaired) electrons. The molecule has 0 unspecified atom stereocenters. The van der Waals surface area contributed by atoms with E-state index < -0.39 is 12.0 Å². The third-order valence-corrected chi connectivity index (χ3v) is 4.81. The molecule has 0 saturated heterocycles. The van der Waals surface area contributed by atoms with Crippen LogP contribution in [0.4, 0.5) is 0 Å². The van der Waals surface area contributed by atoms with Gasteiger partial charge in [-0.1, -0.05) is 6.92 Å². The summed E-state index contributed by atoms with van der Waals surface area (Å²) in [6.07, 6.45) is 4.50. The number of aliphatic carboxylic acids is 1. The highest BCUT2D eigenvalue weighted by Crippen LogP contribution is 2.26. The Balaban J connectivity index is 2.27. The summed E-state index contributed by atoms with van der Waals surface area (Å²) in [6.45, 7) is 2.25. The van der Waals surface area contributed by atoms with E-state index in [0.29, 0.717) is 11.8 Å². The molecule has 1 aliphatic rings. The Morgan fingerprint density at radius 3 is 2.47 bits per heavy atom. The number of amides is 1. The van der Waals surface area contributed by atoms with Crippen LogP contribution in [0, 0.1) is 5.92 Å². The highest BCUT2D eigenvalue weighted by Gasteiger charge is 2.24. The molecule has 1 atom stereocenters.